The molecule has 0 aliphatic heterocycles. The van der Waals surface area contributed by atoms with E-state index in [0.717, 1.165) is 25.2 Å². The highest BCUT2D eigenvalue weighted by Crippen LogP contribution is 2.13. The lowest BCUT2D eigenvalue weighted by atomic mass is 9.92. The lowest BCUT2D eigenvalue weighted by molar-refractivity contribution is -0.122. The molecule has 0 saturated carbocycles. The molecule has 0 amide bonds. The quantitative estimate of drug-likeness (QED) is 0.759. The van der Waals surface area contributed by atoms with E-state index in [9.17, 15) is 4.79 Å². The van der Waals surface area contributed by atoms with E-state index in [0.29, 0.717) is 18.9 Å². The SMILES string of the molecule is CCCn1ncnc1CC(=O)C(CN)CC(C)C. The summed E-state index contributed by atoms with van der Waals surface area (Å²) in [7, 11) is 0. The molecule has 1 rings (SSSR count). The van der Waals surface area contributed by atoms with Crippen molar-refractivity contribution in [1.82, 2.24) is 14.8 Å². The van der Waals surface area contributed by atoms with E-state index in [2.05, 4.69) is 30.9 Å². The Morgan fingerprint density at radius 1 is 1.50 bits per heavy atom. The second-order valence-electron chi connectivity index (χ2n) is 5.10. The second-order valence-corrected chi connectivity index (χ2v) is 5.10. The average Bonchev–Trinajstić information content (AvgIpc) is 2.73. The maximum absolute atomic E-state index is 12.2. The number of hydrogen-bond acceptors (Lipinski definition) is 4. The third kappa shape index (κ3) is 4.22. The van der Waals surface area contributed by atoms with Gasteiger partial charge in [-0.1, -0.05) is 20.8 Å². The predicted molar refractivity (Wildman–Crippen MR) is 71.0 cm³/mol. The molecule has 102 valence electrons. The Balaban J connectivity index is 2.64. The van der Waals surface area contributed by atoms with E-state index in [1.54, 1.807) is 4.68 Å². The molecule has 0 bridgehead atoms. The number of carbonyl (C=O) groups excluding carboxylic acids is 1. The van der Waals surface area contributed by atoms with Gasteiger partial charge in [0.05, 0.1) is 6.42 Å². The van der Waals surface area contributed by atoms with Crippen molar-refractivity contribution in [3.8, 4) is 0 Å². The number of Topliss-reactive ketones (excluding diaryl/α,β-unsaturated/α-hetero) is 1. The molecule has 0 saturated heterocycles. The minimum Gasteiger partial charge on any atom is -0.330 e. The number of rotatable bonds is 8. The maximum atomic E-state index is 12.2. The summed E-state index contributed by atoms with van der Waals surface area (Å²) in [6.07, 6.45) is 3.68. The zero-order chi connectivity index (χ0) is 13.5. The summed E-state index contributed by atoms with van der Waals surface area (Å²) in [5.41, 5.74) is 5.68. The molecule has 0 fully saturated rings. The first-order chi connectivity index (χ1) is 8.58. The highest BCUT2D eigenvalue weighted by atomic mass is 16.1. The molecule has 1 unspecified atom stereocenters. The fourth-order valence-electron chi connectivity index (χ4n) is 2.05. The van der Waals surface area contributed by atoms with Gasteiger partial charge in [-0.15, -0.1) is 0 Å². The number of aryl methyl sites for hydroxylation is 1. The molecule has 0 radical (unpaired) electrons. The molecule has 1 aromatic heterocycles. The van der Waals surface area contributed by atoms with Crippen LogP contribution in [0.15, 0.2) is 6.33 Å². The van der Waals surface area contributed by atoms with Crippen LogP contribution in [-0.4, -0.2) is 27.1 Å². The predicted octanol–water partition coefficient (Wildman–Crippen LogP) is 1.42. The van der Waals surface area contributed by atoms with Crippen molar-refractivity contribution in [2.24, 2.45) is 17.6 Å². The van der Waals surface area contributed by atoms with E-state index in [-0.39, 0.29) is 11.7 Å². The van der Waals surface area contributed by atoms with Crippen LogP contribution in [0.1, 0.15) is 39.4 Å². The fourth-order valence-corrected chi connectivity index (χ4v) is 2.05. The summed E-state index contributed by atoms with van der Waals surface area (Å²) in [4.78, 5) is 16.3. The summed E-state index contributed by atoms with van der Waals surface area (Å²) < 4.78 is 1.81. The van der Waals surface area contributed by atoms with Gasteiger partial charge in [0.2, 0.25) is 0 Å². The minimum atomic E-state index is -0.0585. The monoisotopic (exact) mass is 252 g/mol. The molecule has 18 heavy (non-hydrogen) atoms. The fraction of sp³-hybridized carbons (Fsp3) is 0.769. The normalized spacial score (nSPS) is 12.9. The van der Waals surface area contributed by atoms with Crippen LogP contribution in [0.3, 0.4) is 0 Å². The van der Waals surface area contributed by atoms with Crippen LogP contribution in [0.4, 0.5) is 0 Å². The molecule has 0 aliphatic rings. The molecular weight excluding hydrogens is 228 g/mol. The molecule has 0 aromatic carbocycles. The van der Waals surface area contributed by atoms with Crippen LogP contribution in [-0.2, 0) is 17.8 Å². The Hall–Kier alpha value is -1.23. The van der Waals surface area contributed by atoms with Crippen LogP contribution in [0, 0.1) is 11.8 Å². The Labute approximate surface area is 109 Å². The number of carbonyl (C=O) groups is 1. The number of hydrogen-bond donors (Lipinski definition) is 1. The van der Waals surface area contributed by atoms with Gasteiger partial charge >= 0.3 is 0 Å². The lowest BCUT2D eigenvalue weighted by Gasteiger charge is -2.15. The summed E-state index contributed by atoms with van der Waals surface area (Å²) in [5, 5.41) is 4.13. The van der Waals surface area contributed by atoms with E-state index in [1.807, 2.05) is 0 Å². The first kappa shape index (κ1) is 14.8. The van der Waals surface area contributed by atoms with Gasteiger partial charge in [0.1, 0.15) is 17.9 Å². The van der Waals surface area contributed by atoms with Crippen molar-refractivity contribution < 1.29 is 4.79 Å². The van der Waals surface area contributed by atoms with E-state index in [4.69, 9.17) is 5.73 Å². The van der Waals surface area contributed by atoms with Gasteiger partial charge in [0.15, 0.2) is 0 Å². The molecule has 1 aromatic rings. The smallest absolute Gasteiger partial charge is 0.144 e. The van der Waals surface area contributed by atoms with Crippen molar-refractivity contribution in [1.29, 1.82) is 0 Å². The van der Waals surface area contributed by atoms with Gasteiger partial charge in [-0.3, -0.25) is 4.79 Å². The third-order valence-electron chi connectivity index (χ3n) is 2.96. The highest BCUT2D eigenvalue weighted by Gasteiger charge is 2.20. The number of nitrogens with two attached hydrogens (primary N) is 1. The Morgan fingerprint density at radius 3 is 2.78 bits per heavy atom. The molecule has 1 atom stereocenters. The highest BCUT2D eigenvalue weighted by molar-refractivity contribution is 5.82. The largest absolute Gasteiger partial charge is 0.330 e. The van der Waals surface area contributed by atoms with Gasteiger partial charge in [-0.25, -0.2) is 9.67 Å². The molecule has 2 N–H and O–H groups in total. The van der Waals surface area contributed by atoms with Crippen LogP contribution < -0.4 is 5.73 Å². The van der Waals surface area contributed by atoms with Gasteiger partial charge in [-0.2, -0.15) is 5.10 Å². The first-order valence-corrected chi connectivity index (χ1v) is 6.67. The van der Waals surface area contributed by atoms with Crippen molar-refractivity contribution in [2.75, 3.05) is 6.54 Å². The van der Waals surface area contributed by atoms with Crippen molar-refractivity contribution in [3.63, 3.8) is 0 Å². The van der Waals surface area contributed by atoms with Crippen LogP contribution in [0.25, 0.3) is 0 Å². The first-order valence-electron chi connectivity index (χ1n) is 6.67. The Morgan fingerprint density at radius 2 is 2.22 bits per heavy atom. The summed E-state index contributed by atoms with van der Waals surface area (Å²) in [6, 6.07) is 0. The van der Waals surface area contributed by atoms with Crippen molar-refractivity contribution in [3.05, 3.63) is 12.2 Å². The zero-order valence-electron chi connectivity index (χ0n) is 11.6. The molecular formula is C13H24N4O. The average molecular weight is 252 g/mol. The van der Waals surface area contributed by atoms with Gasteiger partial charge in [0.25, 0.3) is 0 Å². The van der Waals surface area contributed by atoms with Gasteiger partial charge in [0, 0.05) is 19.0 Å². The topological polar surface area (TPSA) is 73.8 Å². The van der Waals surface area contributed by atoms with Crippen LogP contribution in [0.2, 0.25) is 0 Å². The van der Waals surface area contributed by atoms with E-state index >= 15 is 0 Å². The Bertz CT molecular complexity index is 373. The van der Waals surface area contributed by atoms with Crippen molar-refractivity contribution >= 4 is 5.78 Å². The molecule has 1 heterocycles. The van der Waals surface area contributed by atoms with Crippen molar-refractivity contribution in [2.45, 2.75) is 46.6 Å². The number of nitrogens with zero attached hydrogens (tertiary/aromatic N) is 3. The number of aromatic nitrogens is 3. The summed E-state index contributed by atoms with van der Waals surface area (Å²) >= 11 is 0. The molecule has 5 nitrogen and oxygen atoms in total. The van der Waals surface area contributed by atoms with Gasteiger partial charge < -0.3 is 5.73 Å². The van der Waals surface area contributed by atoms with Crippen LogP contribution in [0.5, 0.6) is 0 Å². The second kappa shape index (κ2) is 7.26. The molecule has 0 spiro atoms. The number of ketones is 1. The summed E-state index contributed by atoms with van der Waals surface area (Å²) in [5.74, 6) is 1.35. The van der Waals surface area contributed by atoms with E-state index < -0.39 is 0 Å². The Kier molecular flexibility index (Phi) is 5.98. The minimum absolute atomic E-state index is 0.0585. The van der Waals surface area contributed by atoms with Crippen LogP contribution >= 0.6 is 0 Å². The maximum Gasteiger partial charge on any atom is 0.144 e. The van der Waals surface area contributed by atoms with Gasteiger partial charge in [-0.05, 0) is 18.8 Å². The molecule has 0 aliphatic carbocycles. The standard InChI is InChI=1S/C13H24N4O/c1-4-5-17-13(15-9-16-17)7-12(18)11(8-14)6-10(2)3/h9-11H,4-8,14H2,1-3H3. The zero-order valence-corrected chi connectivity index (χ0v) is 11.6. The summed E-state index contributed by atoms with van der Waals surface area (Å²) in [6.45, 7) is 7.51. The molecule has 5 heteroatoms. The van der Waals surface area contributed by atoms with E-state index in [1.165, 1.54) is 6.33 Å². The third-order valence-corrected chi connectivity index (χ3v) is 2.96. The lowest BCUT2D eigenvalue weighted by Crippen LogP contribution is -2.27.